The lowest BCUT2D eigenvalue weighted by atomic mass is 10.0. The Kier molecular flexibility index (Phi) is 6.51. The van der Waals surface area contributed by atoms with Crippen LogP contribution in [0.3, 0.4) is 0 Å². The molecule has 22 heavy (non-hydrogen) atoms. The van der Waals surface area contributed by atoms with Crippen LogP contribution < -0.4 is 0 Å². The molecule has 0 saturated heterocycles. The Hall–Kier alpha value is -0.800. The van der Waals surface area contributed by atoms with E-state index < -0.39 is 0 Å². The molecule has 1 aromatic carbocycles. The molecular weight excluding hydrogens is 339 g/mol. The lowest BCUT2D eigenvalue weighted by Crippen LogP contribution is -2.25. The Morgan fingerprint density at radius 3 is 2.45 bits per heavy atom. The molecule has 5 heteroatoms. The summed E-state index contributed by atoms with van der Waals surface area (Å²) in [6.07, 6.45) is 4.51. The van der Waals surface area contributed by atoms with E-state index in [1.165, 1.54) is 5.56 Å². The molecular formula is C17H19Cl3N2. The number of pyridine rings is 1. The molecule has 0 aliphatic rings. The van der Waals surface area contributed by atoms with Gasteiger partial charge in [0.05, 0.1) is 0 Å². The van der Waals surface area contributed by atoms with E-state index in [9.17, 15) is 0 Å². The Balaban J connectivity index is 1.94. The summed E-state index contributed by atoms with van der Waals surface area (Å²) >= 11 is 18.5. The van der Waals surface area contributed by atoms with Crippen molar-refractivity contribution in [3.8, 4) is 0 Å². The quantitative estimate of drug-likeness (QED) is 0.692. The number of hydrogen-bond acceptors (Lipinski definition) is 2. The molecule has 118 valence electrons. The normalized spacial score (nSPS) is 12.6. The first-order valence-corrected chi connectivity index (χ1v) is 8.30. The van der Waals surface area contributed by atoms with Crippen molar-refractivity contribution in [2.75, 3.05) is 13.6 Å². The number of halogens is 3. The van der Waals surface area contributed by atoms with E-state index in [1.54, 1.807) is 18.3 Å². The molecule has 0 bridgehead atoms. The zero-order valence-electron chi connectivity index (χ0n) is 12.7. The third-order valence-electron chi connectivity index (χ3n) is 3.46. The minimum Gasteiger partial charge on any atom is -0.302 e. The van der Waals surface area contributed by atoms with Crippen molar-refractivity contribution in [3.63, 3.8) is 0 Å². The summed E-state index contributed by atoms with van der Waals surface area (Å²) < 4.78 is 0. The SMILES string of the molecule is CC(Cc1c(Cl)cc(Cl)cc1Cl)CN(C)Cc1cccnc1. The van der Waals surface area contributed by atoms with Gasteiger partial charge in [-0.3, -0.25) is 4.98 Å². The van der Waals surface area contributed by atoms with Gasteiger partial charge >= 0.3 is 0 Å². The van der Waals surface area contributed by atoms with Gasteiger partial charge in [0.1, 0.15) is 0 Å². The van der Waals surface area contributed by atoms with Crippen LogP contribution in [-0.2, 0) is 13.0 Å². The van der Waals surface area contributed by atoms with Crippen molar-refractivity contribution in [1.29, 1.82) is 0 Å². The summed E-state index contributed by atoms with van der Waals surface area (Å²) in [5, 5.41) is 1.85. The smallest absolute Gasteiger partial charge is 0.0467 e. The van der Waals surface area contributed by atoms with Crippen LogP contribution in [0.1, 0.15) is 18.1 Å². The molecule has 0 fully saturated rings. The molecule has 1 unspecified atom stereocenters. The average Bonchev–Trinajstić information content (AvgIpc) is 2.43. The monoisotopic (exact) mass is 356 g/mol. The summed E-state index contributed by atoms with van der Waals surface area (Å²) in [7, 11) is 2.11. The van der Waals surface area contributed by atoms with E-state index in [-0.39, 0.29) is 0 Å². The number of benzene rings is 1. The zero-order chi connectivity index (χ0) is 16.1. The molecule has 1 aromatic heterocycles. The molecule has 1 atom stereocenters. The van der Waals surface area contributed by atoms with E-state index >= 15 is 0 Å². The van der Waals surface area contributed by atoms with Crippen LogP contribution in [0, 0.1) is 5.92 Å². The van der Waals surface area contributed by atoms with Gasteiger partial charge in [0.2, 0.25) is 0 Å². The minimum absolute atomic E-state index is 0.429. The molecule has 2 rings (SSSR count). The van der Waals surface area contributed by atoms with Crippen LogP contribution in [0.25, 0.3) is 0 Å². The third-order valence-corrected chi connectivity index (χ3v) is 4.35. The molecule has 0 N–H and O–H groups in total. The fraction of sp³-hybridized carbons (Fsp3) is 0.353. The van der Waals surface area contributed by atoms with Gasteiger partial charge in [-0.15, -0.1) is 0 Å². The van der Waals surface area contributed by atoms with Crippen LogP contribution in [0.15, 0.2) is 36.7 Å². The Bertz CT molecular complexity index is 594. The van der Waals surface area contributed by atoms with Crippen LogP contribution in [0.5, 0.6) is 0 Å². The maximum Gasteiger partial charge on any atom is 0.0467 e. The van der Waals surface area contributed by atoms with Crippen LogP contribution >= 0.6 is 34.8 Å². The largest absolute Gasteiger partial charge is 0.302 e. The van der Waals surface area contributed by atoms with Crippen LogP contribution in [0.2, 0.25) is 15.1 Å². The van der Waals surface area contributed by atoms with E-state index in [0.717, 1.165) is 25.1 Å². The highest BCUT2D eigenvalue weighted by Gasteiger charge is 2.13. The van der Waals surface area contributed by atoms with E-state index in [1.807, 2.05) is 12.3 Å². The van der Waals surface area contributed by atoms with Crippen molar-refractivity contribution < 1.29 is 0 Å². The first-order chi connectivity index (χ1) is 10.5. The highest BCUT2D eigenvalue weighted by Crippen LogP contribution is 2.31. The van der Waals surface area contributed by atoms with E-state index in [4.69, 9.17) is 34.8 Å². The van der Waals surface area contributed by atoms with Gasteiger partial charge in [-0.25, -0.2) is 0 Å². The van der Waals surface area contributed by atoms with Crippen LogP contribution in [0.4, 0.5) is 0 Å². The summed E-state index contributed by atoms with van der Waals surface area (Å²) in [6.45, 7) is 4.02. The summed E-state index contributed by atoms with van der Waals surface area (Å²) in [6, 6.07) is 7.54. The fourth-order valence-electron chi connectivity index (χ4n) is 2.58. The van der Waals surface area contributed by atoms with Gasteiger partial charge in [0.25, 0.3) is 0 Å². The van der Waals surface area contributed by atoms with Crippen LogP contribution in [-0.4, -0.2) is 23.5 Å². The van der Waals surface area contributed by atoms with Gasteiger partial charge < -0.3 is 4.90 Å². The first-order valence-electron chi connectivity index (χ1n) is 7.16. The Labute approximate surface area is 147 Å². The van der Waals surface area contributed by atoms with Crippen molar-refractivity contribution in [2.24, 2.45) is 5.92 Å². The van der Waals surface area contributed by atoms with Gasteiger partial charge in [0.15, 0.2) is 0 Å². The Morgan fingerprint density at radius 2 is 1.86 bits per heavy atom. The highest BCUT2D eigenvalue weighted by molar-refractivity contribution is 6.39. The number of hydrogen-bond donors (Lipinski definition) is 0. The second-order valence-corrected chi connectivity index (χ2v) is 6.97. The maximum absolute atomic E-state index is 6.25. The molecule has 2 nitrogen and oxygen atoms in total. The van der Waals surface area contributed by atoms with Crippen molar-refractivity contribution in [3.05, 3.63) is 62.9 Å². The van der Waals surface area contributed by atoms with Gasteiger partial charge in [-0.1, -0.05) is 47.8 Å². The molecule has 0 saturated carbocycles. The Morgan fingerprint density at radius 1 is 1.18 bits per heavy atom. The molecule has 0 spiro atoms. The van der Waals surface area contributed by atoms with Gasteiger partial charge in [-0.2, -0.15) is 0 Å². The molecule has 0 aliphatic carbocycles. The standard InChI is InChI=1S/C17H19Cl3N2/c1-12(6-15-16(19)7-14(18)8-17(15)20)10-22(2)11-13-4-3-5-21-9-13/h3-5,7-9,12H,6,10-11H2,1-2H3. The van der Waals surface area contributed by atoms with Crippen molar-refractivity contribution in [2.45, 2.75) is 19.9 Å². The predicted octanol–water partition coefficient (Wildman–Crippen LogP) is 5.35. The highest BCUT2D eigenvalue weighted by atomic mass is 35.5. The molecule has 1 heterocycles. The first kappa shape index (κ1) is 17.6. The lowest BCUT2D eigenvalue weighted by molar-refractivity contribution is 0.277. The molecule has 0 radical (unpaired) electrons. The minimum atomic E-state index is 0.429. The number of rotatable bonds is 6. The second kappa shape index (κ2) is 8.16. The summed E-state index contributed by atoms with van der Waals surface area (Å²) in [5.41, 5.74) is 2.18. The predicted molar refractivity (Wildman–Crippen MR) is 94.9 cm³/mol. The lowest BCUT2D eigenvalue weighted by Gasteiger charge is -2.22. The second-order valence-electron chi connectivity index (χ2n) is 5.72. The average molecular weight is 358 g/mol. The summed E-state index contributed by atoms with van der Waals surface area (Å²) in [4.78, 5) is 6.42. The molecule has 0 amide bonds. The summed E-state index contributed by atoms with van der Waals surface area (Å²) in [5.74, 6) is 0.429. The number of nitrogens with zero attached hydrogens (tertiary/aromatic N) is 2. The van der Waals surface area contributed by atoms with Gasteiger partial charge in [-0.05, 0) is 48.7 Å². The number of aromatic nitrogens is 1. The topological polar surface area (TPSA) is 16.1 Å². The van der Waals surface area contributed by atoms with E-state index in [2.05, 4.69) is 29.9 Å². The van der Waals surface area contributed by atoms with Crippen molar-refractivity contribution in [1.82, 2.24) is 9.88 Å². The van der Waals surface area contributed by atoms with Gasteiger partial charge in [0, 0.05) is 40.6 Å². The fourth-order valence-corrected chi connectivity index (χ4v) is 3.55. The van der Waals surface area contributed by atoms with Crippen molar-refractivity contribution >= 4 is 34.8 Å². The maximum atomic E-state index is 6.25. The third kappa shape index (κ3) is 5.13. The van der Waals surface area contributed by atoms with E-state index in [0.29, 0.717) is 21.0 Å². The molecule has 0 aliphatic heterocycles. The molecule has 2 aromatic rings. The zero-order valence-corrected chi connectivity index (χ0v) is 15.0.